The van der Waals surface area contributed by atoms with E-state index in [0.29, 0.717) is 19.6 Å². The monoisotopic (exact) mass is 397 g/mol. The van der Waals surface area contributed by atoms with Crippen LogP contribution in [0.25, 0.3) is 0 Å². The van der Waals surface area contributed by atoms with Crippen molar-refractivity contribution in [2.45, 2.75) is 31.2 Å². The predicted octanol–water partition coefficient (Wildman–Crippen LogP) is 4.36. The van der Waals surface area contributed by atoms with Gasteiger partial charge in [-0.25, -0.2) is 4.79 Å². The number of thioether (sulfide) groups is 1. The van der Waals surface area contributed by atoms with Crippen LogP contribution in [-0.4, -0.2) is 36.2 Å². The Balaban J connectivity index is 1.59. The Hall–Kier alpha value is -2.47. The second-order valence-electron chi connectivity index (χ2n) is 7.42. The lowest BCUT2D eigenvalue weighted by atomic mass is 9.81. The molecule has 3 amide bonds. The van der Waals surface area contributed by atoms with E-state index < -0.39 is 5.41 Å². The van der Waals surface area contributed by atoms with Crippen LogP contribution in [-0.2, 0) is 11.3 Å². The molecule has 0 saturated carbocycles. The lowest BCUT2D eigenvalue weighted by Gasteiger charge is -2.39. The number of amides is 3. The Bertz CT molecular complexity index is 828. The topological polar surface area (TPSA) is 61.4 Å². The number of hydrogen-bond donors (Lipinski definition) is 2. The molecule has 2 aromatic carbocycles. The fourth-order valence-electron chi connectivity index (χ4n) is 3.49. The predicted molar refractivity (Wildman–Crippen MR) is 114 cm³/mol. The van der Waals surface area contributed by atoms with E-state index in [1.807, 2.05) is 67.8 Å². The summed E-state index contributed by atoms with van der Waals surface area (Å²) in [5.41, 5.74) is 1.27. The highest BCUT2D eigenvalue weighted by atomic mass is 32.2. The summed E-state index contributed by atoms with van der Waals surface area (Å²) >= 11 is 1.64. The van der Waals surface area contributed by atoms with Crippen LogP contribution in [0.4, 0.5) is 10.5 Å². The van der Waals surface area contributed by atoms with Crippen molar-refractivity contribution < 1.29 is 9.59 Å². The first kappa shape index (κ1) is 20.3. The largest absolute Gasteiger partial charge is 0.351 e. The Labute approximate surface area is 170 Å². The number of nitrogens with zero attached hydrogens (tertiary/aromatic N) is 1. The molecule has 1 saturated heterocycles. The quantitative estimate of drug-likeness (QED) is 0.737. The molecular formula is C22H27N3O2S. The van der Waals surface area contributed by atoms with E-state index in [0.717, 1.165) is 29.0 Å². The van der Waals surface area contributed by atoms with Crippen LogP contribution in [0.2, 0.25) is 0 Å². The third kappa shape index (κ3) is 5.07. The molecule has 0 spiro atoms. The highest BCUT2D eigenvalue weighted by Crippen LogP contribution is 2.30. The number of hydrogen-bond acceptors (Lipinski definition) is 3. The number of nitrogens with one attached hydrogen (secondary N) is 2. The first-order valence-corrected chi connectivity index (χ1v) is 10.7. The second kappa shape index (κ2) is 9.15. The number of benzene rings is 2. The lowest BCUT2D eigenvalue weighted by Crippen LogP contribution is -2.52. The Morgan fingerprint density at radius 3 is 2.68 bits per heavy atom. The molecule has 1 aliphatic rings. The summed E-state index contributed by atoms with van der Waals surface area (Å²) in [6.07, 6.45) is 3.60. The van der Waals surface area contributed by atoms with Crippen LogP contribution < -0.4 is 10.6 Å². The van der Waals surface area contributed by atoms with Gasteiger partial charge in [0.05, 0.1) is 5.41 Å². The van der Waals surface area contributed by atoms with Gasteiger partial charge in [-0.15, -0.1) is 11.8 Å². The summed E-state index contributed by atoms with van der Waals surface area (Å²) in [7, 11) is 0. The van der Waals surface area contributed by atoms with E-state index in [9.17, 15) is 9.59 Å². The van der Waals surface area contributed by atoms with Gasteiger partial charge >= 0.3 is 6.03 Å². The van der Waals surface area contributed by atoms with Gasteiger partial charge in [-0.2, -0.15) is 0 Å². The highest BCUT2D eigenvalue weighted by molar-refractivity contribution is 7.98. The lowest BCUT2D eigenvalue weighted by molar-refractivity contribution is -0.132. The molecule has 28 heavy (non-hydrogen) atoms. The van der Waals surface area contributed by atoms with Gasteiger partial charge in [-0.05, 0) is 49.8 Å². The number of piperidine rings is 1. The summed E-state index contributed by atoms with van der Waals surface area (Å²) in [6.45, 7) is 3.53. The van der Waals surface area contributed by atoms with Gasteiger partial charge in [-0.3, -0.25) is 4.79 Å². The molecule has 3 rings (SSSR count). The molecule has 6 heteroatoms. The van der Waals surface area contributed by atoms with Gasteiger partial charge in [0.1, 0.15) is 0 Å². The molecule has 1 fully saturated rings. The molecule has 2 N–H and O–H groups in total. The number of anilines is 1. The SMILES string of the molecule is CSc1cccc(NC(=O)N2CCC[C@](C)(C(=O)NCc3ccccc3)C2)c1. The maximum Gasteiger partial charge on any atom is 0.321 e. The molecular weight excluding hydrogens is 370 g/mol. The van der Waals surface area contributed by atoms with Gasteiger partial charge in [0.15, 0.2) is 0 Å². The van der Waals surface area contributed by atoms with Crippen LogP contribution in [0.1, 0.15) is 25.3 Å². The van der Waals surface area contributed by atoms with Gasteiger partial charge in [0, 0.05) is 30.2 Å². The van der Waals surface area contributed by atoms with E-state index >= 15 is 0 Å². The number of urea groups is 1. The number of likely N-dealkylation sites (tertiary alicyclic amines) is 1. The fourth-order valence-corrected chi connectivity index (χ4v) is 3.95. The molecule has 0 unspecified atom stereocenters. The first-order valence-electron chi connectivity index (χ1n) is 9.52. The van der Waals surface area contributed by atoms with E-state index in [2.05, 4.69) is 10.6 Å². The van der Waals surface area contributed by atoms with E-state index in [4.69, 9.17) is 0 Å². The van der Waals surface area contributed by atoms with Crippen LogP contribution in [0, 0.1) is 5.41 Å². The average molecular weight is 398 g/mol. The summed E-state index contributed by atoms with van der Waals surface area (Å²) in [4.78, 5) is 28.4. The zero-order valence-electron chi connectivity index (χ0n) is 16.4. The van der Waals surface area contributed by atoms with E-state index in [-0.39, 0.29) is 11.9 Å². The average Bonchev–Trinajstić information content (AvgIpc) is 2.73. The molecule has 1 atom stereocenters. The van der Waals surface area contributed by atoms with Gasteiger partial charge in [0.2, 0.25) is 5.91 Å². The van der Waals surface area contributed by atoms with Crippen LogP contribution >= 0.6 is 11.8 Å². The van der Waals surface area contributed by atoms with E-state index in [1.54, 1.807) is 16.7 Å². The van der Waals surface area contributed by atoms with Crippen molar-refractivity contribution in [3.05, 3.63) is 60.2 Å². The maximum absolute atomic E-state index is 12.8. The Kier molecular flexibility index (Phi) is 6.62. The van der Waals surface area contributed by atoms with Gasteiger partial charge < -0.3 is 15.5 Å². The molecule has 148 valence electrons. The molecule has 1 aliphatic heterocycles. The standard InChI is InChI=1S/C22H27N3O2S/c1-22(20(26)23-15-17-8-4-3-5-9-17)12-7-13-25(16-22)21(27)24-18-10-6-11-19(14-18)28-2/h3-6,8-11,14H,7,12-13,15-16H2,1-2H3,(H,23,26)(H,24,27)/t22-/m0/s1. The number of rotatable bonds is 5. The summed E-state index contributed by atoms with van der Waals surface area (Å²) in [6, 6.07) is 17.5. The molecule has 5 nitrogen and oxygen atoms in total. The Morgan fingerprint density at radius 2 is 1.93 bits per heavy atom. The fraction of sp³-hybridized carbons (Fsp3) is 0.364. The number of carbonyl (C=O) groups is 2. The molecule has 2 aromatic rings. The summed E-state index contributed by atoms with van der Waals surface area (Å²) in [5, 5.41) is 6.00. The minimum absolute atomic E-state index is 0.00164. The minimum atomic E-state index is -0.578. The zero-order chi connectivity index (χ0) is 20.0. The maximum atomic E-state index is 12.8. The number of carbonyl (C=O) groups excluding carboxylic acids is 2. The van der Waals surface area contributed by atoms with Crippen LogP contribution in [0.5, 0.6) is 0 Å². The van der Waals surface area contributed by atoms with Crippen molar-refractivity contribution >= 4 is 29.4 Å². The van der Waals surface area contributed by atoms with Crippen molar-refractivity contribution in [2.24, 2.45) is 5.41 Å². The van der Waals surface area contributed by atoms with Gasteiger partial charge in [0.25, 0.3) is 0 Å². The molecule has 1 heterocycles. The molecule has 0 aromatic heterocycles. The summed E-state index contributed by atoms with van der Waals surface area (Å²) in [5.74, 6) is -0.00164. The van der Waals surface area contributed by atoms with E-state index in [1.165, 1.54) is 0 Å². The third-order valence-electron chi connectivity index (χ3n) is 5.15. The van der Waals surface area contributed by atoms with Crippen molar-refractivity contribution in [2.75, 3.05) is 24.7 Å². The molecule has 0 aliphatic carbocycles. The zero-order valence-corrected chi connectivity index (χ0v) is 17.2. The second-order valence-corrected chi connectivity index (χ2v) is 8.30. The van der Waals surface area contributed by atoms with Crippen molar-refractivity contribution in [3.63, 3.8) is 0 Å². The normalized spacial score (nSPS) is 19.1. The highest BCUT2D eigenvalue weighted by Gasteiger charge is 2.39. The van der Waals surface area contributed by atoms with Crippen LogP contribution in [0.15, 0.2) is 59.5 Å². The summed E-state index contributed by atoms with van der Waals surface area (Å²) < 4.78 is 0. The molecule has 0 radical (unpaired) electrons. The van der Waals surface area contributed by atoms with Crippen LogP contribution in [0.3, 0.4) is 0 Å². The smallest absolute Gasteiger partial charge is 0.321 e. The van der Waals surface area contributed by atoms with Crippen molar-refractivity contribution in [1.82, 2.24) is 10.2 Å². The van der Waals surface area contributed by atoms with Gasteiger partial charge in [-0.1, -0.05) is 36.4 Å². The first-order chi connectivity index (χ1) is 13.5. The minimum Gasteiger partial charge on any atom is -0.351 e. The Morgan fingerprint density at radius 1 is 1.14 bits per heavy atom. The molecule has 0 bridgehead atoms. The third-order valence-corrected chi connectivity index (χ3v) is 5.87. The van der Waals surface area contributed by atoms with Crippen molar-refractivity contribution in [1.29, 1.82) is 0 Å². The van der Waals surface area contributed by atoms with Crippen molar-refractivity contribution in [3.8, 4) is 0 Å².